The van der Waals surface area contributed by atoms with E-state index in [9.17, 15) is 14.4 Å². The SMILES string of the molecule is CC(C)N1C(=O)C(=O)N(CN2CCc3ccccc3C2)C1=O. The van der Waals surface area contributed by atoms with Crippen LogP contribution in [0.15, 0.2) is 24.3 Å². The summed E-state index contributed by atoms with van der Waals surface area (Å²) in [6.07, 6.45) is 0.883. The highest BCUT2D eigenvalue weighted by Crippen LogP contribution is 2.21. The Labute approximate surface area is 129 Å². The second-order valence-corrected chi connectivity index (χ2v) is 6.00. The number of imide groups is 2. The van der Waals surface area contributed by atoms with E-state index in [4.69, 9.17) is 0 Å². The summed E-state index contributed by atoms with van der Waals surface area (Å²) in [5, 5.41) is 0. The molecule has 22 heavy (non-hydrogen) atoms. The quantitative estimate of drug-likeness (QED) is 0.622. The average Bonchev–Trinajstić information content (AvgIpc) is 2.71. The molecule has 2 aliphatic rings. The van der Waals surface area contributed by atoms with Gasteiger partial charge in [-0.15, -0.1) is 0 Å². The molecule has 2 heterocycles. The maximum Gasteiger partial charge on any atom is 0.335 e. The lowest BCUT2D eigenvalue weighted by Crippen LogP contribution is -2.44. The van der Waals surface area contributed by atoms with Crippen molar-refractivity contribution < 1.29 is 14.4 Å². The molecule has 1 fully saturated rings. The highest BCUT2D eigenvalue weighted by molar-refractivity contribution is 6.44. The van der Waals surface area contributed by atoms with Crippen LogP contribution in [0.1, 0.15) is 25.0 Å². The maximum absolute atomic E-state index is 12.3. The summed E-state index contributed by atoms with van der Waals surface area (Å²) in [5.41, 5.74) is 2.51. The van der Waals surface area contributed by atoms with Crippen molar-refractivity contribution in [3.05, 3.63) is 35.4 Å². The Bertz CT molecular complexity index is 641. The molecule has 6 heteroatoms. The first kappa shape index (κ1) is 14.7. The molecular formula is C16H19N3O3. The normalized spacial score (nSPS) is 19.3. The van der Waals surface area contributed by atoms with Crippen molar-refractivity contribution >= 4 is 17.8 Å². The van der Waals surface area contributed by atoms with Crippen LogP contribution >= 0.6 is 0 Å². The largest absolute Gasteiger partial charge is 0.335 e. The summed E-state index contributed by atoms with van der Waals surface area (Å²) in [4.78, 5) is 40.3. The second kappa shape index (κ2) is 5.53. The Balaban J connectivity index is 1.73. The van der Waals surface area contributed by atoms with E-state index in [2.05, 4.69) is 12.1 Å². The highest BCUT2D eigenvalue weighted by Gasteiger charge is 2.46. The molecule has 0 unspecified atom stereocenters. The summed E-state index contributed by atoms with van der Waals surface area (Å²) >= 11 is 0. The van der Waals surface area contributed by atoms with Crippen LogP contribution in [-0.2, 0) is 22.6 Å². The second-order valence-electron chi connectivity index (χ2n) is 6.00. The van der Waals surface area contributed by atoms with Gasteiger partial charge in [0.25, 0.3) is 0 Å². The number of benzene rings is 1. The van der Waals surface area contributed by atoms with Crippen LogP contribution in [0.25, 0.3) is 0 Å². The molecule has 1 aromatic rings. The van der Waals surface area contributed by atoms with E-state index in [1.807, 2.05) is 17.0 Å². The molecule has 0 N–H and O–H groups in total. The summed E-state index contributed by atoms with van der Waals surface area (Å²) in [7, 11) is 0. The summed E-state index contributed by atoms with van der Waals surface area (Å²) < 4.78 is 0. The standard InChI is InChI=1S/C16H19N3O3/c1-11(2)19-15(21)14(20)18(16(19)22)10-17-8-7-12-5-3-4-6-13(12)9-17/h3-6,11H,7-10H2,1-2H3. The van der Waals surface area contributed by atoms with Gasteiger partial charge in [0.15, 0.2) is 0 Å². The van der Waals surface area contributed by atoms with Crippen molar-refractivity contribution in [1.29, 1.82) is 0 Å². The minimum Gasteiger partial charge on any atom is -0.281 e. The number of carbonyl (C=O) groups excluding carboxylic acids is 3. The molecular weight excluding hydrogens is 282 g/mol. The predicted molar refractivity (Wildman–Crippen MR) is 79.6 cm³/mol. The zero-order valence-electron chi connectivity index (χ0n) is 12.8. The lowest BCUT2D eigenvalue weighted by Gasteiger charge is -2.31. The molecule has 4 amide bonds. The van der Waals surface area contributed by atoms with Crippen LogP contribution in [0.4, 0.5) is 4.79 Å². The van der Waals surface area contributed by atoms with Crippen molar-refractivity contribution in [1.82, 2.24) is 14.7 Å². The number of carbonyl (C=O) groups is 3. The van der Waals surface area contributed by atoms with Gasteiger partial charge in [0.05, 0.1) is 6.67 Å². The Morgan fingerprint density at radius 1 is 1.05 bits per heavy atom. The zero-order valence-corrected chi connectivity index (χ0v) is 12.8. The van der Waals surface area contributed by atoms with E-state index < -0.39 is 17.8 Å². The fourth-order valence-corrected chi connectivity index (χ4v) is 2.98. The summed E-state index contributed by atoms with van der Waals surface area (Å²) in [6.45, 7) is 5.07. The number of hydrogen-bond acceptors (Lipinski definition) is 4. The molecule has 0 spiro atoms. The van der Waals surface area contributed by atoms with Crippen LogP contribution in [0.2, 0.25) is 0 Å². The molecule has 1 saturated heterocycles. The molecule has 1 aromatic carbocycles. The van der Waals surface area contributed by atoms with Gasteiger partial charge in [-0.05, 0) is 31.4 Å². The van der Waals surface area contributed by atoms with Crippen molar-refractivity contribution in [3.8, 4) is 0 Å². The Kier molecular flexibility index (Phi) is 3.70. The molecule has 0 saturated carbocycles. The summed E-state index contributed by atoms with van der Waals surface area (Å²) in [5.74, 6) is -1.45. The van der Waals surface area contributed by atoms with E-state index in [1.54, 1.807) is 13.8 Å². The van der Waals surface area contributed by atoms with Gasteiger partial charge in [0.1, 0.15) is 0 Å². The minimum absolute atomic E-state index is 0.168. The van der Waals surface area contributed by atoms with Crippen LogP contribution in [-0.4, -0.2) is 51.8 Å². The molecule has 0 aliphatic carbocycles. The number of urea groups is 1. The first-order valence-electron chi connectivity index (χ1n) is 7.47. The van der Waals surface area contributed by atoms with E-state index in [0.717, 1.165) is 22.8 Å². The van der Waals surface area contributed by atoms with Gasteiger partial charge in [-0.1, -0.05) is 24.3 Å². The molecule has 116 valence electrons. The number of fused-ring (bicyclic) bond motifs is 1. The lowest BCUT2D eigenvalue weighted by atomic mass is 10.0. The number of rotatable bonds is 3. The van der Waals surface area contributed by atoms with Crippen LogP contribution in [0.3, 0.4) is 0 Å². The fourth-order valence-electron chi connectivity index (χ4n) is 2.98. The molecule has 0 bridgehead atoms. The van der Waals surface area contributed by atoms with Gasteiger partial charge in [-0.25, -0.2) is 9.69 Å². The van der Waals surface area contributed by atoms with Crippen LogP contribution in [0.5, 0.6) is 0 Å². The average molecular weight is 301 g/mol. The van der Waals surface area contributed by atoms with Crippen LogP contribution in [0, 0.1) is 0 Å². The van der Waals surface area contributed by atoms with Gasteiger partial charge < -0.3 is 0 Å². The maximum atomic E-state index is 12.3. The highest BCUT2D eigenvalue weighted by atomic mass is 16.2. The Morgan fingerprint density at radius 2 is 1.73 bits per heavy atom. The summed E-state index contributed by atoms with van der Waals surface area (Å²) in [6, 6.07) is 7.34. The smallest absolute Gasteiger partial charge is 0.281 e. The lowest BCUT2D eigenvalue weighted by molar-refractivity contribution is -0.144. The number of hydrogen-bond donors (Lipinski definition) is 0. The van der Waals surface area contributed by atoms with Crippen molar-refractivity contribution in [2.45, 2.75) is 32.9 Å². The van der Waals surface area contributed by atoms with E-state index in [0.29, 0.717) is 6.54 Å². The van der Waals surface area contributed by atoms with Gasteiger partial charge in [-0.3, -0.25) is 19.4 Å². The van der Waals surface area contributed by atoms with E-state index >= 15 is 0 Å². The fraction of sp³-hybridized carbons (Fsp3) is 0.438. The Morgan fingerprint density at radius 3 is 2.36 bits per heavy atom. The van der Waals surface area contributed by atoms with Gasteiger partial charge in [-0.2, -0.15) is 0 Å². The minimum atomic E-state index is -0.725. The third-order valence-electron chi connectivity index (χ3n) is 4.15. The van der Waals surface area contributed by atoms with Gasteiger partial charge in [0, 0.05) is 19.1 Å². The molecule has 0 aromatic heterocycles. The first-order valence-corrected chi connectivity index (χ1v) is 7.47. The molecule has 6 nitrogen and oxygen atoms in total. The monoisotopic (exact) mass is 301 g/mol. The zero-order chi connectivity index (χ0) is 15.9. The topological polar surface area (TPSA) is 60.9 Å². The molecule has 3 rings (SSSR count). The Hall–Kier alpha value is -2.21. The number of amides is 4. The third kappa shape index (κ3) is 2.39. The van der Waals surface area contributed by atoms with Crippen molar-refractivity contribution in [3.63, 3.8) is 0 Å². The third-order valence-corrected chi connectivity index (χ3v) is 4.15. The number of nitrogens with zero attached hydrogens (tertiary/aromatic N) is 3. The van der Waals surface area contributed by atoms with Gasteiger partial charge in [0.2, 0.25) is 0 Å². The van der Waals surface area contributed by atoms with E-state index in [-0.39, 0.29) is 12.7 Å². The van der Waals surface area contributed by atoms with Crippen molar-refractivity contribution in [2.75, 3.05) is 13.2 Å². The molecule has 0 atom stereocenters. The molecule has 0 radical (unpaired) electrons. The predicted octanol–water partition coefficient (Wildman–Crippen LogP) is 1.20. The first-order chi connectivity index (χ1) is 10.5. The van der Waals surface area contributed by atoms with Gasteiger partial charge >= 0.3 is 17.8 Å². The van der Waals surface area contributed by atoms with E-state index in [1.165, 1.54) is 11.1 Å². The van der Waals surface area contributed by atoms with Crippen molar-refractivity contribution in [2.24, 2.45) is 0 Å². The van der Waals surface area contributed by atoms with Crippen LogP contribution < -0.4 is 0 Å². The molecule has 2 aliphatic heterocycles.